The van der Waals surface area contributed by atoms with E-state index < -0.39 is 39.4 Å². The number of amides is 1. The molecule has 8 heteroatoms. The van der Waals surface area contributed by atoms with Gasteiger partial charge in [0.05, 0.1) is 18.9 Å². The SMILES string of the molecule is COS(=O)(=O)C[C@@H](Cc1ccccc1F)NC(=O)OC(C)(C)C. The molecule has 0 aliphatic carbocycles. The maximum absolute atomic E-state index is 13.7. The smallest absolute Gasteiger partial charge is 0.407 e. The van der Waals surface area contributed by atoms with Crippen LogP contribution in [-0.2, 0) is 25.5 Å². The predicted molar refractivity (Wildman–Crippen MR) is 84.1 cm³/mol. The molecular weight excluding hydrogens is 325 g/mol. The highest BCUT2D eigenvalue weighted by molar-refractivity contribution is 7.86. The second-order valence-corrected chi connectivity index (χ2v) is 7.81. The molecule has 0 aliphatic rings. The Bertz CT molecular complexity index is 640. The van der Waals surface area contributed by atoms with Gasteiger partial charge in [0.25, 0.3) is 10.1 Å². The maximum Gasteiger partial charge on any atom is 0.407 e. The molecule has 0 radical (unpaired) electrons. The molecule has 0 saturated carbocycles. The minimum atomic E-state index is -3.83. The van der Waals surface area contributed by atoms with Crippen molar-refractivity contribution in [2.24, 2.45) is 0 Å². The third-order valence-electron chi connectivity index (χ3n) is 2.80. The average molecular weight is 347 g/mol. The van der Waals surface area contributed by atoms with Gasteiger partial charge in [-0.2, -0.15) is 8.42 Å². The summed E-state index contributed by atoms with van der Waals surface area (Å²) in [5.41, 5.74) is -0.438. The summed E-state index contributed by atoms with van der Waals surface area (Å²) in [6, 6.07) is 5.07. The first-order valence-corrected chi connectivity index (χ1v) is 8.61. The van der Waals surface area contributed by atoms with Crippen molar-refractivity contribution in [2.75, 3.05) is 12.9 Å². The van der Waals surface area contributed by atoms with E-state index in [-0.39, 0.29) is 6.42 Å². The molecule has 1 aromatic carbocycles. The fourth-order valence-electron chi connectivity index (χ4n) is 1.87. The van der Waals surface area contributed by atoms with E-state index in [0.717, 1.165) is 7.11 Å². The predicted octanol–water partition coefficient (Wildman–Crippen LogP) is 2.24. The van der Waals surface area contributed by atoms with Gasteiger partial charge in [0.2, 0.25) is 0 Å². The lowest BCUT2D eigenvalue weighted by Gasteiger charge is -2.23. The van der Waals surface area contributed by atoms with E-state index in [4.69, 9.17) is 4.74 Å². The van der Waals surface area contributed by atoms with E-state index in [1.165, 1.54) is 18.2 Å². The summed E-state index contributed by atoms with van der Waals surface area (Å²) < 4.78 is 46.5. The van der Waals surface area contributed by atoms with E-state index in [0.29, 0.717) is 5.56 Å². The average Bonchev–Trinajstić information content (AvgIpc) is 2.38. The van der Waals surface area contributed by atoms with Crippen molar-refractivity contribution in [3.05, 3.63) is 35.6 Å². The second kappa shape index (κ2) is 7.74. The first-order chi connectivity index (χ1) is 10.5. The fourth-order valence-corrected chi connectivity index (χ4v) is 2.70. The quantitative estimate of drug-likeness (QED) is 0.798. The Morgan fingerprint density at radius 3 is 2.43 bits per heavy atom. The number of benzene rings is 1. The van der Waals surface area contributed by atoms with Crippen LogP contribution in [0, 0.1) is 5.82 Å². The number of hydrogen-bond acceptors (Lipinski definition) is 5. The lowest BCUT2D eigenvalue weighted by atomic mass is 10.1. The summed E-state index contributed by atoms with van der Waals surface area (Å²) in [5.74, 6) is -0.963. The lowest BCUT2D eigenvalue weighted by molar-refractivity contribution is 0.0509. The van der Waals surface area contributed by atoms with Crippen LogP contribution < -0.4 is 5.32 Å². The van der Waals surface area contributed by atoms with Crippen LogP contribution in [0.5, 0.6) is 0 Å². The van der Waals surface area contributed by atoms with Crippen LogP contribution in [0.1, 0.15) is 26.3 Å². The summed E-state index contributed by atoms with van der Waals surface area (Å²) >= 11 is 0. The van der Waals surface area contributed by atoms with Gasteiger partial charge in [0, 0.05) is 0 Å². The van der Waals surface area contributed by atoms with E-state index in [2.05, 4.69) is 9.50 Å². The van der Waals surface area contributed by atoms with Gasteiger partial charge in [-0.05, 0) is 38.8 Å². The molecule has 0 saturated heterocycles. The zero-order chi connectivity index (χ0) is 17.7. The fraction of sp³-hybridized carbons (Fsp3) is 0.533. The number of hydrogen-bond donors (Lipinski definition) is 1. The molecule has 6 nitrogen and oxygen atoms in total. The third kappa shape index (κ3) is 7.43. The van der Waals surface area contributed by atoms with Crippen molar-refractivity contribution in [1.29, 1.82) is 0 Å². The van der Waals surface area contributed by atoms with Crippen LogP contribution in [0.25, 0.3) is 0 Å². The van der Waals surface area contributed by atoms with Crippen molar-refractivity contribution >= 4 is 16.2 Å². The Balaban J connectivity index is 2.89. The Hall–Kier alpha value is -1.67. The number of nitrogens with one attached hydrogen (secondary N) is 1. The molecule has 0 spiro atoms. The van der Waals surface area contributed by atoms with E-state index in [9.17, 15) is 17.6 Å². The van der Waals surface area contributed by atoms with E-state index in [1.807, 2.05) is 0 Å². The maximum atomic E-state index is 13.7. The Kier molecular flexibility index (Phi) is 6.52. The van der Waals surface area contributed by atoms with Crippen LogP contribution in [0.4, 0.5) is 9.18 Å². The molecule has 0 fully saturated rings. The van der Waals surface area contributed by atoms with Crippen molar-refractivity contribution in [1.82, 2.24) is 5.32 Å². The summed E-state index contributed by atoms with van der Waals surface area (Å²) in [7, 11) is -2.80. The topological polar surface area (TPSA) is 81.7 Å². The molecule has 23 heavy (non-hydrogen) atoms. The normalized spacial score (nSPS) is 13.4. The molecule has 0 aliphatic heterocycles. The minimum absolute atomic E-state index is 0.00545. The largest absolute Gasteiger partial charge is 0.444 e. The Morgan fingerprint density at radius 2 is 1.91 bits per heavy atom. The number of alkyl carbamates (subject to hydrolysis) is 1. The van der Waals surface area contributed by atoms with E-state index in [1.54, 1.807) is 26.8 Å². The van der Waals surface area contributed by atoms with Gasteiger partial charge in [-0.25, -0.2) is 9.18 Å². The number of carbonyl (C=O) groups excluding carboxylic acids is 1. The number of carbonyl (C=O) groups is 1. The molecule has 1 atom stereocenters. The highest BCUT2D eigenvalue weighted by atomic mass is 32.2. The molecule has 0 bridgehead atoms. The van der Waals surface area contributed by atoms with Crippen molar-refractivity contribution in [3.8, 4) is 0 Å². The van der Waals surface area contributed by atoms with Crippen LogP contribution in [0.15, 0.2) is 24.3 Å². The van der Waals surface area contributed by atoms with Gasteiger partial charge in [-0.3, -0.25) is 4.18 Å². The van der Waals surface area contributed by atoms with Crippen LogP contribution in [0.3, 0.4) is 0 Å². The third-order valence-corrected chi connectivity index (χ3v) is 4.12. The number of halogens is 1. The van der Waals surface area contributed by atoms with Gasteiger partial charge in [0.1, 0.15) is 11.4 Å². The summed E-state index contributed by atoms with van der Waals surface area (Å²) in [5, 5.41) is 2.45. The Labute approximate surface area is 136 Å². The molecule has 0 aromatic heterocycles. The van der Waals surface area contributed by atoms with Crippen LogP contribution >= 0.6 is 0 Å². The summed E-state index contributed by atoms with van der Waals surface area (Å²) in [6.07, 6.45) is -0.778. The number of ether oxygens (including phenoxy) is 1. The standard InChI is InChI=1S/C15H22FNO5S/c1-15(2,3)22-14(18)17-12(10-23(19,20)21-4)9-11-7-5-6-8-13(11)16/h5-8,12H,9-10H2,1-4H3,(H,17,18)/t12-/m1/s1. The molecule has 130 valence electrons. The molecule has 0 heterocycles. The van der Waals surface area contributed by atoms with Crippen LogP contribution in [0.2, 0.25) is 0 Å². The van der Waals surface area contributed by atoms with Crippen LogP contribution in [-0.4, -0.2) is 39.0 Å². The first kappa shape index (κ1) is 19.4. The first-order valence-electron chi connectivity index (χ1n) is 7.03. The van der Waals surface area contributed by atoms with Gasteiger partial charge >= 0.3 is 6.09 Å². The van der Waals surface area contributed by atoms with Gasteiger partial charge < -0.3 is 10.1 Å². The van der Waals surface area contributed by atoms with Crippen molar-refractivity contribution < 1.29 is 26.5 Å². The highest BCUT2D eigenvalue weighted by Gasteiger charge is 2.25. The monoisotopic (exact) mass is 347 g/mol. The van der Waals surface area contributed by atoms with Crippen molar-refractivity contribution in [2.45, 2.75) is 38.8 Å². The zero-order valence-electron chi connectivity index (χ0n) is 13.6. The molecule has 1 aromatic rings. The van der Waals surface area contributed by atoms with Gasteiger partial charge in [0.15, 0.2) is 0 Å². The minimum Gasteiger partial charge on any atom is -0.444 e. The highest BCUT2D eigenvalue weighted by Crippen LogP contribution is 2.12. The molecule has 1 rings (SSSR count). The second-order valence-electron chi connectivity index (χ2n) is 6.03. The lowest BCUT2D eigenvalue weighted by Crippen LogP contribution is -2.44. The zero-order valence-corrected chi connectivity index (χ0v) is 14.4. The van der Waals surface area contributed by atoms with Gasteiger partial charge in [-0.15, -0.1) is 0 Å². The molecular formula is C15H22FNO5S. The van der Waals surface area contributed by atoms with Gasteiger partial charge in [-0.1, -0.05) is 18.2 Å². The molecule has 1 amide bonds. The Morgan fingerprint density at radius 1 is 1.30 bits per heavy atom. The molecule has 1 N–H and O–H groups in total. The number of rotatable bonds is 6. The van der Waals surface area contributed by atoms with Crippen molar-refractivity contribution in [3.63, 3.8) is 0 Å². The summed E-state index contributed by atoms with van der Waals surface area (Å²) in [4.78, 5) is 11.9. The molecule has 0 unspecified atom stereocenters. The van der Waals surface area contributed by atoms with E-state index >= 15 is 0 Å². The summed E-state index contributed by atoms with van der Waals surface area (Å²) in [6.45, 7) is 5.05.